The number of hydrogen-bond acceptors (Lipinski definition) is 8. The average molecular weight is 752 g/mol. The Morgan fingerprint density at radius 1 is 0.820 bits per heavy atom. The Morgan fingerprint density at radius 3 is 1.84 bits per heavy atom. The number of hydrogen-bond donors (Lipinski definition) is 1. The molecule has 1 N–H and O–H groups in total. The van der Waals surface area contributed by atoms with E-state index >= 15 is 0 Å². The monoisotopic (exact) mass is 752 g/mol. The Kier molecular flexibility index (Phi) is 16.2. The lowest BCUT2D eigenvalue weighted by molar-refractivity contribution is -0.142. The predicted octanol–water partition coefficient (Wildman–Crippen LogP) is 5.96. The maximum absolute atomic E-state index is 12.2. The van der Waals surface area contributed by atoms with E-state index in [-0.39, 0.29) is 65.8 Å². The molecule has 2 aromatic carbocycles. The van der Waals surface area contributed by atoms with E-state index in [2.05, 4.69) is 30.4 Å². The standard InChI is InChI=1S/C18H24BO4P2.C18H22BO4P2/c2*20-13(7-6-12-4-2-1-3-5-12)8-9-14-15-10-18(21)22-16(15)11-17(14)23-25-19-24/h1-5,8-9,13-17,20,25H,6-7,10-11,24H2;1-5,8-9,14-17,25H,6-7,10-11,24H2/b2*9-8+/t13?,14-,15-,16+,17-;14-,15-,16+,17-/m11/s1. The molecule has 2 heterocycles. The molecule has 50 heavy (non-hydrogen) atoms. The summed E-state index contributed by atoms with van der Waals surface area (Å²) in [6.07, 6.45) is 12.1. The van der Waals surface area contributed by atoms with Crippen molar-refractivity contribution in [3.63, 3.8) is 0 Å². The van der Waals surface area contributed by atoms with Crippen LogP contribution in [0.2, 0.25) is 0 Å². The Bertz CT molecular complexity index is 1450. The highest BCUT2D eigenvalue weighted by atomic mass is 31.1. The Hall–Kier alpha value is -1.74. The van der Waals surface area contributed by atoms with E-state index in [9.17, 15) is 19.5 Å². The number of allylic oxidation sites excluding steroid dienone is 1. The number of esters is 2. The second kappa shape index (κ2) is 20.5. The van der Waals surface area contributed by atoms with Crippen molar-refractivity contribution in [3.8, 4) is 0 Å². The van der Waals surface area contributed by atoms with Crippen LogP contribution in [0.3, 0.4) is 0 Å². The first-order chi connectivity index (χ1) is 24.3. The third kappa shape index (κ3) is 11.6. The highest BCUT2D eigenvalue weighted by Gasteiger charge is 2.50. The van der Waals surface area contributed by atoms with Gasteiger partial charge in [0.15, 0.2) is 5.78 Å². The summed E-state index contributed by atoms with van der Waals surface area (Å²) in [5.74, 6) is 0.347. The van der Waals surface area contributed by atoms with Gasteiger partial charge in [-0.1, -0.05) is 78.9 Å². The molecule has 0 aromatic heterocycles. The summed E-state index contributed by atoms with van der Waals surface area (Å²) in [5, 5.41) is 10.3. The average Bonchev–Trinajstić information content (AvgIpc) is 3.85. The van der Waals surface area contributed by atoms with Gasteiger partial charge in [0.05, 0.1) is 31.2 Å². The third-order valence-electron chi connectivity index (χ3n) is 9.81. The second-order valence-corrected chi connectivity index (χ2v) is 16.7. The van der Waals surface area contributed by atoms with E-state index in [1.54, 1.807) is 6.08 Å². The number of ether oxygens (including phenoxy) is 2. The fourth-order valence-electron chi connectivity index (χ4n) is 7.36. The SMILES string of the molecule is O=C(/C=C/[C@@H]1[C@H]2CC(=O)O[C@H]2C[C@H]1OP[B]P)CCc1ccccc1.O=C1C[C@@H]2[C@@H](/C=C/C(O)CCc3ccccc3)[C@H](OP[B]P)C[C@@H]2O1. The molecule has 264 valence electrons. The lowest BCUT2D eigenvalue weighted by Crippen LogP contribution is -2.20. The molecular weight excluding hydrogens is 706 g/mol. The molecule has 2 aromatic rings. The summed E-state index contributed by atoms with van der Waals surface area (Å²) >= 11 is 0. The Labute approximate surface area is 305 Å². The van der Waals surface area contributed by atoms with Crippen LogP contribution in [0, 0.1) is 23.7 Å². The van der Waals surface area contributed by atoms with Crippen molar-refractivity contribution < 1.29 is 38.0 Å². The highest BCUT2D eigenvalue weighted by molar-refractivity contribution is 7.93. The minimum Gasteiger partial charge on any atom is -0.462 e. The first-order valence-corrected chi connectivity index (χ1v) is 20.6. The van der Waals surface area contributed by atoms with Gasteiger partial charge in [-0.05, 0) is 53.8 Å². The number of aliphatic hydroxyl groups excluding tert-OH is 1. The fourth-order valence-corrected chi connectivity index (χ4v) is 8.84. The molecule has 8 nitrogen and oxygen atoms in total. The smallest absolute Gasteiger partial charge is 0.306 e. The van der Waals surface area contributed by atoms with Crippen LogP contribution in [0.1, 0.15) is 49.7 Å². The maximum Gasteiger partial charge on any atom is 0.306 e. The van der Waals surface area contributed by atoms with Crippen molar-refractivity contribution >= 4 is 66.8 Å². The van der Waals surface area contributed by atoms with Crippen molar-refractivity contribution in [1.29, 1.82) is 0 Å². The van der Waals surface area contributed by atoms with Crippen LogP contribution in [0.15, 0.2) is 85.0 Å². The Balaban J connectivity index is 0.000000194. The normalized spacial score (nSPS) is 29.3. The van der Waals surface area contributed by atoms with Gasteiger partial charge in [0, 0.05) is 42.9 Å². The zero-order valence-corrected chi connectivity index (χ0v) is 32.4. The van der Waals surface area contributed by atoms with E-state index in [1.165, 1.54) is 11.1 Å². The van der Waals surface area contributed by atoms with Crippen molar-refractivity contribution in [2.45, 2.75) is 81.9 Å². The lowest BCUT2D eigenvalue weighted by Gasteiger charge is -2.20. The van der Waals surface area contributed by atoms with E-state index in [1.807, 2.05) is 80.2 Å². The summed E-state index contributed by atoms with van der Waals surface area (Å²) < 4.78 is 22.6. The van der Waals surface area contributed by atoms with Crippen LogP contribution in [-0.2, 0) is 45.7 Å². The van der Waals surface area contributed by atoms with Gasteiger partial charge in [0.25, 0.3) is 0 Å². The first kappa shape index (κ1) is 39.5. The minimum absolute atomic E-state index is 0.0106. The van der Waals surface area contributed by atoms with E-state index in [4.69, 9.17) is 18.5 Å². The number of carbonyl (C=O) groups is 3. The molecule has 14 heteroatoms. The topological polar surface area (TPSA) is 108 Å². The molecule has 6 rings (SSSR count). The van der Waals surface area contributed by atoms with Gasteiger partial charge < -0.3 is 23.6 Å². The minimum atomic E-state index is -0.492. The van der Waals surface area contributed by atoms with Gasteiger partial charge >= 0.3 is 11.9 Å². The molecule has 2 saturated carbocycles. The zero-order valence-electron chi connectivity index (χ0n) is 28.1. The van der Waals surface area contributed by atoms with Gasteiger partial charge in [-0.2, -0.15) is 18.2 Å². The summed E-state index contributed by atoms with van der Waals surface area (Å²) in [7, 11) is 5.70. The van der Waals surface area contributed by atoms with E-state index in [0.29, 0.717) is 43.1 Å². The number of benzene rings is 2. The molecule has 13 atom stereocenters. The summed E-state index contributed by atoms with van der Waals surface area (Å²) in [6, 6.07) is 20.2. The lowest BCUT2D eigenvalue weighted by atomic mass is 9.91. The molecule has 0 amide bonds. The van der Waals surface area contributed by atoms with Crippen molar-refractivity contribution in [1.82, 2.24) is 0 Å². The van der Waals surface area contributed by atoms with Gasteiger partial charge in [0.2, 0.25) is 13.4 Å². The molecular formula is C36H46B2O8P4. The molecule has 0 bridgehead atoms. The molecule has 2 radical (unpaired) electrons. The van der Waals surface area contributed by atoms with Crippen LogP contribution in [0.25, 0.3) is 0 Å². The second-order valence-electron chi connectivity index (χ2n) is 13.1. The van der Waals surface area contributed by atoms with Crippen LogP contribution < -0.4 is 0 Å². The maximum atomic E-state index is 12.2. The summed E-state index contributed by atoms with van der Waals surface area (Å²) in [6.45, 7) is 3.83. The fraction of sp³-hybridized carbons (Fsp3) is 0.472. The number of ketones is 1. The molecule has 2 aliphatic carbocycles. The number of carbonyl (C=O) groups excluding carboxylic acids is 3. The molecule has 2 saturated heterocycles. The van der Waals surface area contributed by atoms with Gasteiger partial charge in [-0.25, -0.2) is 0 Å². The summed E-state index contributed by atoms with van der Waals surface area (Å²) in [5.41, 5.74) is 2.39. The van der Waals surface area contributed by atoms with E-state index < -0.39 is 6.10 Å². The number of fused-ring (bicyclic) bond motifs is 2. The van der Waals surface area contributed by atoms with Crippen molar-refractivity contribution in [2.75, 3.05) is 0 Å². The Morgan fingerprint density at radius 2 is 1.32 bits per heavy atom. The van der Waals surface area contributed by atoms with Gasteiger partial charge in [-0.15, -0.1) is 0 Å². The largest absolute Gasteiger partial charge is 0.462 e. The van der Waals surface area contributed by atoms with E-state index in [0.717, 1.165) is 25.7 Å². The molecule has 0 spiro atoms. The highest BCUT2D eigenvalue weighted by Crippen LogP contribution is 2.46. The third-order valence-corrected chi connectivity index (χ3v) is 11.8. The van der Waals surface area contributed by atoms with Crippen LogP contribution in [0.5, 0.6) is 0 Å². The van der Waals surface area contributed by atoms with Gasteiger partial charge in [0.1, 0.15) is 12.2 Å². The summed E-state index contributed by atoms with van der Waals surface area (Å²) in [4.78, 5) is 35.4. The number of aryl methyl sites for hydroxylation is 2. The van der Waals surface area contributed by atoms with Crippen LogP contribution in [0.4, 0.5) is 0 Å². The molecule has 2 aliphatic heterocycles. The van der Waals surface area contributed by atoms with Crippen molar-refractivity contribution in [2.24, 2.45) is 23.7 Å². The van der Waals surface area contributed by atoms with Crippen molar-refractivity contribution in [3.05, 3.63) is 96.1 Å². The molecule has 5 unspecified atom stereocenters. The van der Waals surface area contributed by atoms with Crippen LogP contribution >= 0.6 is 35.6 Å². The molecule has 4 fully saturated rings. The number of aliphatic hydroxyl groups is 1. The number of rotatable bonds is 16. The van der Waals surface area contributed by atoms with Crippen LogP contribution in [-0.4, -0.2) is 66.8 Å². The zero-order chi connectivity index (χ0) is 35.3. The quantitative estimate of drug-likeness (QED) is 0.0737. The predicted molar refractivity (Wildman–Crippen MR) is 208 cm³/mol. The first-order valence-electron chi connectivity index (χ1n) is 17.3. The molecule has 4 aliphatic rings. The van der Waals surface area contributed by atoms with Gasteiger partial charge in [-0.3, -0.25) is 14.4 Å².